The van der Waals surface area contributed by atoms with Crippen LogP contribution in [-0.2, 0) is 19.5 Å². The average molecular weight is 152 g/mol. The fourth-order valence-corrected chi connectivity index (χ4v) is 0.408. The molecule has 28 valence electrons. The van der Waals surface area contributed by atoms with Gasteiger partial charge in [0.15, 0.2) is 0 Å². The molecule has 0 aliphatic heterocycles. The van der Waals surface area contributed by atoms with Crippen LogP contribution in [0.15, 0.2) is 11.0 Å². The zero-order chi connectivity index (χ0) is 3.54. The molecule has 0 atom stereocenters. The third-order valence-corrected chi connectivity index (χ3v) is 0.715. The van der Waals surface area contributed by atoms with Gasteiger partial charge in [0, 0.05) is 19.5 Å². The molecule has 0 N–H and O–H groups in total. The Hall–Kier alpha value is 0.183. The first-order valence-electron chi connectivity index (χ1n) is 1.19. The Balaban J connectivity index is 0.000000250. The van der Waals surface area contributed by atoms with Crippen LogP contribution in [0.2, 0.25) is 0 Å². The largest absolute Gasteiger partial charge is 0.147 e. The SMILES string of the molecule is [Zn].c1nncs1. The summed E-state index contributed by atoms with van der Waals surface area (Å²) in [6.45, 7) is 0. The molecule has 1 rings (SSSR count). The van der Waals surface area contributed by atoms with E-state index in [2.05, 4.69) is 10.2 Å². The summed E-state index contributed by atoms with van der Waals surface area (Å²) in [5, 5.41) is 6.98. The second-order valence-electron chi connectivity index (χ2n) is 0.578. The molecule has 1 heterocycles. The van der Waals surface area contributed by atoms with Crippen molar-refractivity contribution in [3.05, 3.63) is 11.0 Å². The van der Waals surface area contributed by atoms with Crippen molar-refractivity contribution in [2.45, 2.75) is 0 Å². The normalized spacial score (nSPS) is 6.67. The van der Waals surface area contributed by atoms with Crippen molar-refractivity contribution in [2.24, 2.45) is 0 Å². The number of aromatic nitrogens is 2. The first-order chi connectivity index (χ1) is 2.50. The van der Waals surface area contributed by atoms with E-state index in [0.717, 1.165) is 0 Å². The molecular formula is C2H2N2SZn. The summed E-state index contributed by atoms with van der Waals surface area (Å²) in [5.41, 5.74) is 3.36. The van der Waals surface area contributed by atoms with Crippen LogP contribution >= 0.6 is 11.3 Å². The number of hydrogen-bond acceptors (Lipinski definition) is 3. The van der Waals surface area contributed by atoms with Crippen molar-refractivity contribution in [1.82, 2.24) is 10.2 Å². The summed E-state index contributed by atoms with van der Waals surface area (Å²) in [6.07, 6.45) is 0. The molecule has 1 aromatic heterocycles. The van der Waals surface area contributed by atoms with Crippen LogP contribution in [0.5, 0.6) is 0 Å². The fourth-order valence-electron chi connectivity index (χ4n) is 0.136. The van der Waals surface area contributed by atoms with Gasteiger partial charge in [0.25, 0.3) is 0 Å². The maximum Gasteiger partial charge on any atom is 0.103 e. The van der Waals surface area contributed by atoms with E-state index in [0.29, 0.717) is 0 Å². The number of hydrogen-bond donors (Lipinski definition) is 0. The van der Waals surface area contributed by atoms with Crippen molar-refractivity contribution in [2.75, 3.05) is 0 Å². The third-order valence-electron chi connectivity index (χ3n) is 0.283. The van der Waals surface area contributed by atoms with E-state index in [-0.39, 0.29) is 19.5 Å². The first kappa shape index (κ1) is 6.18. The van der Waals surface area contributed by atoms with Crippen molar-refractivity contribution >= 4 is 11.3 Å². The second-order valence-corrected chi connectivity index (χ2v) is 1.27. The van der Waals surface area contributed by atoms with Crippen LogP contribution in [-0.4, -0.2) is 10.2 Å². The van der Waals surface area contributed by atoms with Gasteiger partial charge in [-0.1, -0.05) is 0 Å². The summed E-state index contributed by atoms with van der Waals surface area (Å²) < 4.78 is 0. The smallest absolute Gasteiger partial charge is 0.103 e. The summed E-state index contributed by atoms with van der Waals surface area (Å²) in [5.74, 6) is 0. The first-order valence-corrected chi connectivity index (χ1v) is 2.13. The molecule has 0 spiro atoms. The van der Waals surface area contributed by atoms with Gasteiger partial charge in [0.1, 0.15) is 11.0 Å². The minimum atomic E-state index is 0. The van der Waals surface area contributed by atoms with E-state index >= 15 is 0 Å². The van der Waals surface area contributed by atoms with E-state index in [1.807, 2.05) is 0 Å². The van der Waals surface area contributed by atoms with Gasteiger partial charge in [-0.3, -0.25) is 0 Å². The van der Waals surface area contributed by atoms with Gasteiger partial charge in [-0.05, 0) is 0 Å². The topological polar surface area (TPSA) is 25.8 Å². The van der Waals surface area contributed by atoms with Crippen LogP contribution < -0.4 is 0 Å². The molecule has 0 unspecified atom stereocenters. The van der Waals surface area contributed by atoms with Gasteiger partial charge in [0.2, 0.25) is 0 Å². The molecule has 0 fully saturated rings. The average Bonchev–Trinajstić information content (AvgIpc) is 1.76. The van der Waals surface area contributed by atoms with Gasteiger partial charge < -0.3 is 0 Å². The summed E-state index contributed by atoms with van der Waals surface area (Å²) in [4.78, 5) is 0. The molecule has 0 amide bonds. The van der Waals surface area contributed by atoms with Gasteiger partial charge in [-0.2, -0.15) is 0 Å². The van der Waals surface area contributed by atoms with E-state index in [1.165, 1.54) is 11.3 Å². The standard InChI is InChI=1S/C2H2N2S.Zn/c1-3-4-2-5-1;/h1-2H;. The minimum absolute atomic E-state index is 0. The van der Waals surface area contributed by atoms with Crippen LogP contribution in [0.1, 0.15) is 0 Å². The van der Waals surface area contributed by atoms with E-state index in [9.17, 15) is 0 Å². The Morgan fingerprint density at radius 3 is 1.83 bits per heavy atom. The van der Waals surface area contributed by atoms with Gasteiger partial charge in [0.05, 0.1) is 0 Å². The van der Waals surface area contributed by atoms with Crippen LogP contribution in [0.3, 0.4) is 0 Å². The minimum Gasteiger partial charge on any atom is -0.147 e. The third kappa shape index (κ3) is 1.58. The number of nitrogens with zero attached hydrogens (tertiary/aromatic N) is 2. The molecule has 6 heavy (non-hydrogen) atoms. The molecular weight excluding hydrogens is 149 g/mol. The summed E-state index contributed by atoms with van der Waals surface area (Å²) in [6, 6.07) is 0. The molecule has 1 aromatic rings. The zero-order valence-corrected chi connectivity index (χ0v) is 6.95. The van der Waals surface area contributed by atoms with Crippen molar-refractivity contribution < 1.29 is 19.5 Å². The molecule has 0 aliphatic carbocycles. The van der Waals surface area contributed by atoms with Crippen molar-refractivity contribution in [3.63, 3.8) is 0 Å². The Morgan fingerprint density at radius 1 is 1.17 bits per heavy atom. The summed E-state index contributed by atoms with van der Waals surface area (Å²) in [7, 11) is 0. The molecule has 2 nitrogen and oxygen atoms in total. The predicted octanol–water partition coefficient (Wildman–Crippen LogP) is 0.536. The Bertz CT molecular complexity index is 68.0. The van der Waals surface area contributed by atoms with Gasteiger partial charge in [-0.15, -0.1) is 21.5 Å². The van der Waals surface area contributed by atoms with Crippen molar-refractivity contribution in [1.29, 1.82) is 0 Å². The predicted molar refractivity (Wildman–Crippen MR) is 19.9 cm³/mol. The van der Waals surface area contributed by atoms with Gasteiger partial charge in [-0.25, -0.2) is 0 Å². The molecule has 0 aromatic carbocycles. The van der Waals surface area contributed by atoms with Gasteiger partial charge >= 0.3 is 0 Å². The Kier molecular flexibility index (Phi) is 3.48. The number of rotatable bonds is 0. The maximum absolute atomic E-state index is 3.49. The Morgan fingerprint density at radius 2 is 1.67 bits per heavy atom. The molecule has 0 radical (unpaired) electrons. The monoisotopic (exact) mass is 150 g/mol. The molecule has 0 bridgehead atoms. The second kappa shape index (κ2) is 3.38. The van der Waals surface area contributed by atoms with E-state index in [4.69, 9.17) is 0 Å². The molecule has 0 saturated carbocycles. The van der Waals surface area contributed by atoms with E-state index < -0.39 is 0 Å². The quantitative estimate of drug-likeness (QED) is 0.506. The van der Waals surface area contributed by atoms with E-state index in [1.54, 1.807) is 11.0 Å². The molecule has 0 saturated heterocycles. The Labute approximate surface area is 52.4 Å². The molecule has 4 heteroatoms. The zero-order valence-electron chi connectivity index (χ0n) is 3.16. The molecule has 0 aliphatic rings. The fraction of sp³-hybridized carbons (Fsp3) is 0. The van der Waals surface area contributed by atoms with Crippen LogP contribution in [0, 0.1) is 0 Å². The van der Waals surface area contributed by atoms with Crippen LogP contribution in [0.4, 0.5) is 0 Å². The summed E-state index contributed by atoms with van der Waals surface area (Å²) >= 11 is 1.49. The maximum atomic E-state index is 3.49. The van der Waals surface area contributed by atoms with Crippen LogP contribution in [0.25, 0.3) is 0 Å². The van der Waals surface area contributed by atoms with Crippen molar-refractivity contribution in [3.8, 4) is 0 Å².